The Hall–Kier alpha value is -2.32. The van der Waals surface area contributed by atoms with Gasteiger partial charge in [0.25, 0.3) is 11.8 Å². The molecule has 0 aliphatic carbocycles. The minimum Gasteiger partial charge on any atom is -0.454 e. The van der Waals surface area contributed by atoms with Gasteiger partial charge in [-0.2, -0.15) is 0 Å². The minimum atomic E-state index is -0.206. The Morgan fingerprint density at radius 1 is 1.00 bits per heavy atom. The van der Waals surface area contributed by atoms with Crippen LogP contribution in [0.5, 0.6) is 0 Å². The Morgan fingerprint density at radius 3 is 2.52 bits per heavy atom. The Kier molecular flexibility index (Phi) is 2.87. The number of nitrogens with zero attached hydrogens (tertiary/aromatic N) is 2. The summed E-state index contributed by atoms with van der Waals surface area (Å²) in [6.07, 6.45) is 4.00. The third-order valence-corrected chi connectivity index (χ3v) is 6.17. The number of carbonyl (C=O) groups excluding carboxylic acids is 2. The third kappa shape index (κ3) is 1.80. The Labute approximate surface area is 170 Å². The van der Waals surface area contributed by atoms with Crippen LogP contribution in [-0.2, 0) is 16.0 Å². The van der Waals surface area contributed by atoms with Crippen molar-refractivity contribution in [3.05, 3.63) is 61.5 Å². The summed E-state index contributed by atoms with van der Waals surface area (Å²) in [5, 5.41) is 0. The lowest BCUT2D eigenvalue weighted by atomic mass is 9.98. The second-order valence-corrected chi connectivity index (χ2v) is 8.45. The standard InChI is InChI=1S/C19H10Br2N2O4/c1-7-4-11-9(6-13(21)27-11)17-15-14(19(25)23(7)17)16-8-5-12(20)26-10(8)2-3-22(16)18(15)24/h2-3,5-7H,4H2,1H3. The average Bonchev–Trinajstić information content (AvgIpc) is 3.31. The predicted molar refractivity (Wildman–Crippen MR) is 103 cm³/mol. The van der Waals surface area contributed by atoms with E-state index in [0.717, 1.165) is 16.9 Å². The monoisotopic (exact) mass is 488 g/mol. The maximum Gasteiger partial charge on any atom is 0.265 e. The van der Waals surface area contributed by atoms with Gasteiger partial charge in [0, 0.05) is 41.9 Å². The van der Waals surface area contributed by atoms with Crippen LogP contribution in [0.2, 0.25) is 0 Å². The summed E-state index contributed by atoms with van der Waals surface area (Å²) in [5.41, 5.74) is 3.63. The van der Waals surface area contributed by atoms with E-state index in [9.17, 15) is 9.59 Å². The molecule has 6 heterocycles. The predicted octanol–water partition coefficient (Wildman–Crippen LogP) is 4.13. The summed E-state index contributed by atoms with van der Waals surface area (Å²) < 4.78 is 12.5. The molecule has 6 rings (SSSR count). The molecule has 2 amide bonds. The molecule has 4 aliphatic rings. The van der Waals surface area contributed by atoms with Crippen molar-refractivity contribution in [2.75, 3.05) is 0 Å². The van der Waals surface area contributed by atoms with E-state index in [1.54, 1.807) is 23.2 Å². The molecule has 0 bridgehead atoms. The molecule has 8 heteroatoms. The van der Waals surface area contributed by atoms with Crippen LogP contribution < -0.4 is 0 Å². The highest BCUT2D eigenvalue weighted by Crippen LogP contribution is 2.52. The van der Waals surface area contributed by atoms with Crippen molar-refractivity contribution in [2.24, 2.45) is 0 Å². The van der Waals surface area contributed by atoms with Gasteiger partial charge in [0.15, 0.2) is 9.34 Å². The fraction of sp³-hybridized carbons (Fsp3) is 0.158. The van der Waals surface area contributed by atoms with Gasteiger partial charge in [-0.3, -0.25) is 14.5 Å². The van der Waals surface area contributed by atoms with Crippen LogP contribution in [0.1, 0.15) is 29.6 Å². The highest BCUT2D eigenvalue weighted by molar-refractivity contribution is 9.10. The molecule has 0 N–H and O–H groups in total. The number of hydrogen-bond acceptors (Lipinski definition) is 4. The zero-order valence-electron chi connectivity index (χ0n) is 13.9. The lowest BCUT2D eigenvalue weighted by Gasteiger charge is -2.32. The topological polar surface area (TPSA) is 66.9 Å². The molecule has 0 saturated heterocycles. The Morgan fingerprint density at radius 2 is 1.70 bits per heavy atom. The number of rotatable bonds is 0. The molecular weight excluding hydrogens is 480 g/mol. The first-order valence-electron chi connectivity index (χ1n) is 8.38. The van der Waals surface area contributed by atoms with Crippen LogP contribution in [0.15, 0.2) is 47.7 Å². The molecule has 134 valence electrons. The number of furan rings is 2. The van der Waals surface area contributed by atoms with Crippen molar-refractivity contribution in [1.82, 2.24) is 9.80 Å². The van der Waals surface area contributed by atoms with Crippen LogP contribution >= 0.6 is 31.9 Å². The van der Waals surface area contributed by atoms with Crippen molar-refractivity contribution in [3.63, 3.8) is 0 Å². The van der Waals surface area contributed by atoms with E-state index in [0.29, 0.717) is 44.1 Å². The van der Waals surface area contributed by atoms with Gasteiger partial charge in [0.1, 0.15) is 11.5 Å². The number of fused-ring (bicyclic) bond motifs is 7. The lowest BCUT2D eigenvalue weighted by molar-refractivity contribution is -0.124. The van der Waals surface area contributed by atoms with Gasteiger partial charge in [0.2, 0.25) is 0 Å². The van der Waals surface area contributed by atoms with Gasteiger partial charge in [0.05, 0.1) is 22.5 Å². The van der Waals surface area contributed by atoms with Crippen molar-refractivity contribution >= 4 is 61.1 Å². The van der Waals surface area contributed by atoms with Crippen molar-refractivity contribution in [1.29, 1.82) is 0 Å². The van der Waals surface area contributed by atoms with E-state index in [2.05, 4.69) is 31.9 Å². The van der Waals surface area contributed by atoms with E-state index in [4.69, 9.17) is 8.83 Å². The van der Waals surface area contributed by atoms with Crippen molar-refractivity contribution < 1.29 is 18.4 Å². The molecule has 1 atom stereocenters. The molecule has 0 radical (unpaired) electrons. The molecular formula is C19H10Br2N2O4. The van der Waals surface area contributed by atoms with Gasteiger partial charge in [-0.1, -0.05) is 0 Å². The van der Waals surface area contributed by atoms with E-state index in [1.165, 1.54) is 4.90 Å². The molecule has 27 heavy (non-hydrogen) atoms. The highest BCUT2D eigenvalue weighted by Gasteiger charge is 2.52. The number of halogens is 2. The molecule has 2 aromatic heterocycles. The normalized spacial score (nSPS) is 22.4. The molecule has 0 fully saturated rings. The molecule has 6 nitrogen and oxygen atoms in total. The average molecular weight is 490 g/mol. The molecule has 0 aromatic carbocycles. The minimum absolute atomic E-state index is 0.0970. The second-order valence-electron chi connectivity index (χ2n) is 6.88. The van der Waals surface area contributed by atoms with Gasteiger partial charge in [-0.05, 0) is 44.9 Å². The van der Waals surface area contributed by atoms with E-state index < -0.39 is 0 Å². The van der Waals surface area contributed by atoms with Gasteiger partial charge < -0.3 is 13.7 Å². The van der Waals surface area contributed by atoms with Crippen molar-refractivity contribution in [2.45, 2.75) is 19.4 Å². The Bertz CT molecular complexity index is 1200. The van der Waals surface area contributed by atoms with Gasteiger partial charge >= 0.3 is 0 Å². The SMILES string of the molecule is CC1Cc2oc(Br)cc2C2=C3C(=O)N4C=Cc5oc(Br)cc5C4=C3C(=O)N21. The summed E-state index contributed by atoms with van der Waals surface area (Å²) >= 11 is 6.70. The summed E-state index contributed by atoms with van der Waals surface area (Å²) in [5.74, 6) is 1.05. The number of amides is 2. The molecule has 0 saturated carbocycles. The van der Waals surface area contributed by atoms with Crippen LogP contribution in [0.3, 0.4) is 0 Å². The number of carbonyl (C=O) groups is 2. The lowest BCUT2D eigenvalue weighted by Crippen LogP contribution is -2.39. The smallest absolute Gasteiger partial charge is 0.265 e. The summed E-state index contributed by atoms with van der Waals surface area (Å²) in [7, 11) is 0. The highest BCUT2D eigenvalue weighted by atomic mass is 79.9. The fourth-order valence-corrected chi connectivity index (χ4v) is 5.19. The van der Waals surface area contributed by atoms with Crippen LogP contribution in [0.4, 0.5) is 0 Å². The van der Waals surface area contributed by atoms with Crippen molar-refractivity contribution in [3.8, 4) is 0 Å². The van der Waals surface area contributed by atoms with Crippen LogP contribution in [0.25, 0.3) is 17.5 Å². The summed E-state index contributed by atoms with van der Waals surface area (Å²) in [6.45, 7) is 1.97. The van der Waals surface area contributed by atoms with E-state index in [1.807, 2.05) is 13.0 Å². The van der Waals surface area contributed by atoms with E-state index in [-0.39, 0.29) is 17.9 Å². The van der Waals surface area contributed by atoms with Gasteiger partial charge in [-0.25, -0.2) is 0 Å². The molecule has 2 aromatic rings. The second kappa shape index (κ2) is 4.94. The number of hydrogen-bond donors (Lipinski definition) is 0. The first-order valence-corrected chi connectivity index (χ1v) is 9.97. The maximum atomic E-state index is 13.4. The Balaban J connectivity index is 1.70. The third-order valence-electron chi connectivity index (χ3n) is 5.39. The summed E-state index contributed by atoms with van der Waals surface area (Å²) in [4.78, 5) is 29.9. The van der Waals surface area contributed by atoms with E-state index >= 15 is 0 Å². The fourth-order valence-electron chi connectivity index (χ4n) is 4.36. The zero-order chi connectivity index (χ0) is 18.6. The van der Waals surface area contributed by atoms with Gasteiger partial charge in [-0.15, -0.1) is 0 Å². The molecule has 1 unspecified atom stereocenters. The summed E-state index contributed by atoms with van der Waals surface area (Å²) in [6, 6.07) is 3.53. The van der Waals surface area contributed by atoms with Crippen LogP contribution in [-0.4, -0.2) is 27.7 Å². The molecule has 4 aliphatic heterocycles. The zero-order valence-corrected chi connectivity index (χ0v) is 17.0. The maximum absolute atomic E-state index is 13.4. The largest absolute Gasteiger partial charge is 0.454 e. The molecule has 0 spiro atoms. The van der Waals surface area contributed by atoms with Crippen LogP contribution in [0, 0.1) is 0 Å². The first kappa shape index (κ1) is 15.7. The quantitative estimate of drug-likeness (QED) is 0.558. The first-order chi connectivity index (χ1) is 13.0.